The molecule has 0 saturated heterocycles. The summed E-state index contributed by atoms with van der Waals surface area (Å²) in [6.45, 7) is 7.46. The zero-order valence-corrected chi connectivity index (χ0v) is 14.8. The molecule has 0 amide bonds. The molecule has 2 rings (SSSR count). The van der Waals surface area contributed by atoms with Crippen LogP contribution in [0.25, 0.3) is 0 Å². The molecule has 0 saturated carbocycles. The topological polar surface area (TPSA) is 72.8 Å². The number of ether oxygens (including phenoxy) is 2. The van der Waals surface area contributed by atoms with Crippen LogP contribution in [0, 0.1) is 5.92 Å². The molecule has 0 aliphatic carbocycles. The molecule has 1 heterocycles. The molecule has 0 aromatic heterocycles. The van der Waals surface area contributed by atoms with Crippen molar-refractivity contribution in [1.29, 1.82) is 0 Å². The van der Waals surface area contributed by atoms with Crippen molar-refractivity contribution in [1.82, 2.24) is 0 Å². The van der Waals surface area contributed by atoms with E-state index in [4.69, 9.17) is 14.6 Å². The summed E-state index contributed by atoms with van der Waals surface area (Å²) in [5.74, 6) is -0.287. The van der Waals surface area contributed by atoms with Gasteiger partial charge in [0.25, 0.3) is 0 Å². The van der Waals surface area contributed by atoms with E-state index in [-0.39, 0.29) is 30.8 Å². The van der Waals surface area contributed by atoms with Gasteiger partial charge >= 0.3 is 11.9 Å². The van der Waals surface area contributed by atoms with Crippen molar-refractivity contribution in [2.24, 2.45) is 5.92 Å². The van der Waals surface area contributed by atoms with Crippen LogP contribution in [0.4, 0.5) is 0 Å². The predicted molar refractivity (Wildman–Crippen MR) is 90.1 cm³/mol. The summed E-state index contributed by atoms with van der Waals surface area (Å²) in [6, 6.07) is 5.72. The average molecular weight is 334 g/mol. The summed E-state index contributed by atoms with van der Waals surface area (Å²) in [5.41, 5.74) is 1.49. The first-order chi connectivity index (χ1) is 11.1. The third-order valence-electron chi connectivity index (χ3n) is 4.00. The molecule has 0 fully saturated rings. The second-order valence-electron chi connectivity index (χ2n) is 7.48. The van der Waals surface area contributed by atoms with Crippen molar-refractivity contribution in [3.63, 3.8) is 0 Å². The van der Waals surface area contributed by atoms with E-state index in [0.29, 0.717) is 0 Å². The number of rotatable bonds is 5. The third kappa shape index (κ3) is 5.25. The van der Waals surface area contributed by atoms with E-state index in [2.05, 4.69) is 0 Å². The predicted octanol–water partition coefficient (Wildman–Crippen LogP) is 3.38. The molecule has 0 spiro atoms. The van der Waals surface area contributed by atoms with Gasteiger partial charge in [-0.1, -0.05) is 19.1 Å². The van der Waals surface area contributed by atoms with Crippen LogP contribution in [-0.4, -0.2) is 28.8 Å². The summed E-state index contributed by atoms with van der Waals surface area (Å²) >= 11 is 0. The molecule has 0 radical (unpaired) electrons. The van der Waals surface area contributed by atoms with Crippen LogP contribution in [0.3, 0.4) is 0 Å². The van der Waals surface area contributed by atoms with E-state index in [0.717, 1.165) is 29.7 Å². The first-order valence-corrected chi connectivity index (χ1v) is 8.36. The van der Waals surface area contributed by atoms with Crippen LogP contribution in [0.2, 0.25) is 0 Å². The lowest BCUT2D eigenvalue weighted by Gasteiger charge is -2.30. The zero-order valence-electron chi connectivity index (χ0n) is 14.8. The highest BCUT2D eigenvalue weighted by atomic mass is 16.6. The minimum absolute atomic E-state index is 0.0305. The molecule has 132 valence electrons. The number of aryl methyl sites for hydroxylation is 1. The molecule has 0 bridgehead atoms. The Labute approximate surface area is 143 Å². The number of hydrogen-bond acceptors (Lipinski definition) is 4. The summed E-state index contributed by atoms with van der Waals surface area (Å²) in [4.78, 5) is 22.8. The van der Waals surface area contributed by atoms with Crippen molar-refractivity contribution in [3.05, 3.63) is 29.3 Å². The minimum atomic E-state index is -0.801. The summed E-state index contributed by atoms with van der Waals surface area (Å²) in [5, 5.41) is 8.91. The Kier molecular flexibility index (Phi) is 5.52. The number of carbonyl (C=O) groups is 2. The van der Waals surface area contributed by atoms with Gasteiger partial charge in [0.05, 0.1) is 12.8 Å². The summed E-state index contributed by atoms with van der Waals surface area (Å²) < 4.78 is 11.3. The van der Waals surface area contributed by atoms with Gasteiger partial charge in [0, 0.05) is 5.92 Å². The first kappa shape index (κ1) is 18.3. The van der Waals surface area contributed by atoms with E-state index < -0.39 is 11.6 Å². The smallest absolute Gasteiger partial charge is 0.310 e. The Morgan fingerprint density at radius 1 is 1.38 bits per heavy atom. The molecule has 1 aromatic rings. The van der Waals surface area contributed by atoms with Gasteiger partial charge in [0.15, 0.2) is 0 Å². The second kappa shape index (κ2) is 7.24. The zero-order chi connectivity index (χ0) is 17.9. The van der Waals surface area contributed by atoms with Crippen LogP contribution in [0.5, 0.6) is 5.75 Å². The van der Waals surface area contributed by atoms with Crippen molar-refractivity contribution in [3.8, 4) is 5.75 Å². The average Bonchev–Trinajstić information content (AvgIpc) is 2.43. The highest BCUT2D eigenvalue weighted by molar-refractivity contribution is 5.73. The number of carbonyl (C=O) groups excluding carboxylic acids is 1. The lowest BCUT2D eigenvalue weighted by atomic mass is 9.91. The van der Waals surface area contributed by atoms with Crippen molar-refractivity contribution >= 4 is 11.9 Å². The fourth-order valence-electron chi connectivity index (χ4n) is 2.92. The molecule has 24 heavy (non-hydrogen) atoms. The molecule has 2 atom stereocenters. The number of carboxylic acid groups (broad SMARTS) is 1. The van der Waals surface area contributed by atoms with Crippen LogP contribution in [-0.2, 0) is 27.2 Å². The summed E-state index contributed by atoms with van der Waals surface area (Å²) in [7, 11) is 0. The lowest BCUT2D eigenvalue weighted by Crippen LogP contribution is -2.30. The van der Waals surface area contributed by atoms with Crippen molar-refractivity contribution in [2.75, 3.05) is 0 Å². The van der Waals surface area contributed by atoms with Gasteiger partial charge < -0.3 is 14.6 Å². The van der Waals surface area contributed by atoms with Gasteiger partial charge in [-0.25, -0.2) is 0 Å². The van der Waals surface area contributed by atoms with E-state index in [1.807, 2.05) is 45.9 Å². The Morgan fingerprint density at radius 3 is 2.71 bits per heavy atom. The second-order valence-corrected chi connectivity index (χ2v) is 7.48. The highest BCUT2D eigenvalue weighted by Gasteiger charge is 2.27. The Bertz CT molecular complexity index is 615. The number of esters is 1. The standard InChI is InChI=1S/C19H26O5/c1-12(9-17(20)21)15-8-6-14-10-13(5-7-16(14)23-15)11-18(22)24-19(2,3)4/h5,7,10,12,15H,6,8-9,11H2,1-4H3,(H,20,21)/t12-,15+/m0/s1. The Morgan fingerprint density at radius 2 is 2.08 bits per heavy atom. The maximum atomic E-state index is 11.9. The van der Waals surface area contributed by atoms with Crippen LogP contribution < -0.4 is 4.74 Å². The van der Waals surface area contributed by atoms with E-state index in [1.165, 1.54) is 0 Å². The number of carboxylic acids is 1. The molecular weight excluding hydrogens is 308 g/mol. The number of fused-ring (bicyclic) bond motifs is 1. The van der Waals surface area contributed by atoms with Gasteiger partial charge in [-0.15, -0.1) is 0 Å². The van der Waals surface area contributed by atoms with Gasteiger partial charge in [-0.05, 0) is 50.8 Å². The first-order valence-electron chi connectivity index (χ1n) is 8.36. The van der Waals surface area contributed by atoms with Gasteiger partial charge in [0.2, 0.25) is 0 Å². The fourth-order valence-corrected chi connectivity index (χ4v) is 2.92. The number of aliphatic carboxylic acids is 1. The normalized spacial score (nSPS) is 18.2. The molecule has 1 aromatic carbocycles. The van der Waals surface area contributed by atoms with E-state index >= 15 is 0 Å². The monoisotopic (exact) mass is 334 g/mol. The largest absolute Gasteiger partial charge is 0.490 e. The van der Waals surface area contributed by atoms with Gasteiger partial charge in [-0.3, -0.25) is 9.59 Å². The van der Waals surface area contributed by atoms with Crippen LogP contribution in [0.1, 0.15) is 51.7 Å². The van der Waals surface area contributed by atoms with Gasteiger partial charge in [0.1, 0.15) is 17.5 Å². The minimum Gasteiger partial charge on any atom is -0.490 e. The Hall–Kier alpha value is -2.04. The van der Waals surface area contributed by atoms with Crippen molar-refractivity contribution in [2.45, 2.75) is 65.1 Å². The maximum absolute atomic E-state index is 11.9. The van der Waals surface area contributed by atoms with E-state index in [1.54, 1.807) is 0 Å². The number of hydrogen-bond donors (Lipinski definition) is 1. The SMILES string of the molecule is C[C@@H](CC(=O)O)[C@H]1CCc2cc(CC(=O)OC(C)(C)C)ccc2O1. The molecule has 0 unspecified atom stereocenters. The number of benzene rings is 1. The Balaban J connectivity index is 2.01. The molecule has 5 nitrogen and oxygen atoms in total. The highest BCUT2D eigenvalue weighted by Crippen LogP contribution is 2.32. The maximum Gasteiger partial charge on any atom is 0.310 e. The van der Waals surface area contributed by atoms with Crippen molar-refractivity contribution < 1.29 is 24.2 Å². The molecule has 1 N–H and O–H groups in total. The summed E-state index contributed by atoms with van der Waals surface area (Å²) in [6.07, 6.45) is 1.88. The molecule has 1 aliphatic heterocycles. The lowest BCUT2D eigenvalue weighted by molar-refractivity contribution is -0.154. The van der Waals surface area contributed by atoms with E-state index in [9.17, 15) is 9.59 Å². The quantitative estimate of drug-likeness (QED) is 0.836. The molecule has 1 aliphatic rings. The third-order valence-corrected chi connectivity index (χ3v) is 4.00. The molecule has 5 heteroatoms. The van der Waals surface area contributed by atoms with Crippen LogP contribution >= 0.6 is 0 Å². The fraction of sp³-hybridized carbons (Fsp3) is 0.579. The van der Waals surface area contributed by atoms with Gasteiger partial charge in [-0.2, -0.15) is 0 Å². The van der Waals surface area contributed by atoms with Crippen LogP contribution in [0.15, 0.2) is 18.2 Å². The molecular formula is C19H26O5.